The zero-order chi connectivity index (χ0) is 27.1. The normalized spacial score (nSPS) is 17.1. The Morgan fingerprint density at radius 1 is 1.13 bits per heavy atom. The molecule has 1 unspecified atom stereocenters. The number of carbonyl (C=O) groups excluding carboxylic acids is 2. The van der Waals surface area contributed by atoms with Crippen LogP contribution in [0.1, 0.15) is 46.7 Å². The predicted molar refractivity (Wildman–Crippen MR) is 129 cm³/mol. The molecule has 1 aromatic carbocycles. The van der Waals surface area contributed by atoms with Crippen LogP contribution in [0.2, 0.25) is 0 Å². The van der Waals surface area contributed by atoms with Crippen LogP contribution in [0.15, 0.2) is 35.6 Å². The van der Waals surface area contributed by atoms with Crippen molar-refractivity contribution in [1.29, 1.82) is 0 Å². The van der Waals surface area contributed by atoms with E-state index in [4.69, 9.17) is 10.5 Å². The first-order chi connectivity index (χ1) is 18.2. The maximum Gasteiger partial charge on any atom is 0.341 e. The molecule has 2 aliphatic rings. The fourth-order valence-electron chi connectivity index (χ4n) is 4.60. The lowest BCUT2D eigenvalue weighted by Gasteiger charge is -2.41. The highest BCUT2D eigenvalue weighted by atomic mass is 19.1. The van der Waals surface area contributed by atoms with E-state index in [1.165, 1.54) is 39.0 Å². The van der Waals surface area contributed by atoms with Crippen LogP contribution in [0.4, 0.5) is 18.0 Å². The second-order valence-corrected chi connectivity index (χ2v) is 9.03. The Balaban J connectivity index is 1.27. The van der Waals surface area contributed by atoms with Crippen LogP contribution in [-0.2, 0) is 6.42 Å². The number of aromatic nitrogens is 3. The molecular weight excluding hydrogens is 503 g/mol. The van der Waals surface area contributed by atoms with Crippen LogP contribution in [0.5, 0.6) is 5.75 Å². The fourth-order valence-corrected chi connectivity index (χ4v) is 4.60. The maximum atomic E-state index is 14.5. The van der Waals surface area contributed by atoms with Crippen LogP contribution in [0.25, 0.3) is 5.82 Å². The summed E-state index contributed by atoms with van der Waals surface area (Å²) in [7, 11) is 0. The summed E-state index contributed by atoms with van der Waals surface area (Å²) in [4.78, 5) is 30.4. The first-order valence-corrected chi connectivity index (χ1v) is 11.9. The highest BCUT2D eigenvalue weighted by Crippen LogP contribution is 2.32. The Morgan fingerprint density at radius 2 is 1.84 bits per heavy atom. The molecule has 10 nitrogen and oxygen atoms in total. The lowest BCUT2D eigenvalue weighted by Crippen LogP contribution is -2.58. The summed E-state index contributed by atoms with van der Waals surface area (Å²) >= 11 is 0. The lowest BCUT2D eigenvalue weighted by molar-refractivity contribution is 0.0256. The molecule has 0 aliphatic carbocycles. The van der Waals surface area contributed by atoms with E-state index in [1.54, 1.807) is 6.92 Å². The average Bonchev–Trinajstić information content (AvgIpc) is 3.46. The van der Waals surface area contributed by atoms with E-state index >= 15 is 0 Å². The minimum absolute atomic E-state index is 0.0898. The molecule has 3 aromatic rings. The number of rotatable bonds is 6. The van der Waals surface area contributed by atoms with Crippen molar-refractivity contribution < 1.29 is 27.5 Å². The number of carbonyl (C=O) groups is 2. The fraction of sp³-hybridized carbons (Fsp3) is 0.320. The van der Waals surface area contributed by atoms with Crippen molar-refractivity contribution in [2.45, 2.75) is 38.8 Å². The van der Waals surface area contributed by atoms with Crippen molar-refractivity contribution in [3.8, 4) is 11.6 Å². The van der Waals surface area contributed by atoms with Gasteiger partial charge in [0.25, 0.3) is 5.91 Å². The molecule has 5 rings (SSSR count). The molecule has 38 heavy (non-hydrogen) atoms. The molecule has 198 valence electrons. The molecule has 0 spiro atoms. The smallest absolute Gasteiger partial charge is 0.341 e. The maximum absolute atomic E-state index is 14.5. The van der Waals surface area contributed by atoms with E-state index in [9.17, 15) is 22.8 Å². The molecule has 0 radical (unpaired) electrons. The Hall–Kier alpha value is -4.42. The molecule has 13 heteroatoms. The van der Waals surface area contributed by atoms with Gasteiger partial charge in [-0.1, -0.05) is 6.92 Å². The monoisotopic (exact) mass is 527 g/mol. The highest BCUT2D eigenvalue weighted by Gasteiger charge is 2.39. The molecule has 1 saturated heterocycles. The van der Waals surface area contributed by atoms with Gasteiger partial charge in [-0.3, -0.25) is 4.79 Å². The summed E-state index contributed by atoms with van der Waals surface area (Å²) in [6, 6.07) is 3.38. The van der Waals surface area contributed by atoms with Gasteiger partial charge in [0.05, 0.1) is 42.3 Å². The van der Waals surface area contributed by atoms with E-state index in [1.807, 2.05) is 6.92 Å². The van der Waals surface area contributed by atoms with Crippen molar-refractivity contribution in [2.75, 3.05) is 13.1 Å². The lowest BCUT2D eigenvalue weighted by atomic mass is 10.0. The number of urea groups is 1. The molecular formula is C25H24F3N7O3. The van der Waals surface area contributed by atoms with Crippen LogP contribution >= 0.6 is 0 Å². The third-order valence-electron chi connectivity index (χ3n) is 6.50. The summed E-state index contributed by atoms with van der Waals surface area (Å²) in [6.45, 7) is 3.80. The Bertz CT molecular complexity index is 1430. The molecule has 1 atom stereocenters. The van der Waals surface area contributed by atoms with Crippen molar-refractivity contribution >= 4 is 18.2 Å². The number of nitrogens with zero attached hydrogens (tertiary/aromatic N) is 6. The largest absolute Gasteiger partial charge is 0.483 e. The van der Waals surface area contributed by atoms with Crippen molar-refractivity contribution in [1.82, 2.24) is 24.7 Å². The summed E-state index contributed by atoms with van der Waals surface area (Å²) in [6.07, 6.45) is 2.78. The summed E-state index contributed by atoms with van der Waals surface area (Å²) < 4.78 is 49.1. The average molecular weight is 528 g/mol. The first-order valence-electron chi connectivity index (χ1n) is 11.9. The van der Waals surface area contributed by atoms with Gasteiger partial charge in [0.2, 0.25) is 0 Å². The minimum atomic E-state index is -0.738. The summed E-state index contributed by atoms with van der Waals surface area (Å²) in [5.74, 6) is -2.64. The van der Waals surface area contributed by atoms with Crippen LogP contribution in [-0.4, -0.2) is 62.0 Å². The van der Waals surface area contributed by atoms with Crippen LogP contribution in [0, 0.1) is 24.4 Å². The van der Waals surface area contributed by atoms with Crippen molar-refractivity contribution in [2.24, 2.45) is 10.8 Å². The minimum Gasteiger partial charge on any atom is -0.483 e. The number of hydrazone groups is 1. The van der Waals surface area contributed by atoms with E-state index in [0.717, 1.165) is 12.3 Å². The second kappa shape index (κ2) is 9.80. The van der Waals surface area contributed by atoms with Gasteiger partial charge in [0.15, 0.2) is 17.4 Å². The summed E-state index contributed by atoms with van der Waals surface area (Å²) in [5, 5.41) is 9.64. The summed E-state index contributed by atoms with van der Waals surface area (Å²) in [5.41, 5.74) is 7.05. The first kappa shape index (κ1) is 25.2. The van der Waals surface area contributed by atoms with Crippen LogP contribution in [0.3, 0.4) is 0 Å². The van der Waals surface area contributed by atoms with Gasteiger partial charge in [-0.2, -0.15) is 10.2 Å². The van der Waals surface area contributed by atoms with Gasteiger partial charge in [-0.25, -0.2) is 32.6 Å². The number of halogens is 3. The number of nitrogens with two attached hydrogens (primary N) is 1. The standard InChI is InChI=1S/C25H24F3N7O3/c1-3-19-23(24(29)36)13(2)34(32-19)22-9-21(18(28)10-30-22)38-17-11-33(12-17)25(37)35-20(4-5-31-35)14-6-15(26)8-16(27)7-14/h5-10,17,20H,3-4,11-12H2,1-2H3,(H2,29,36). The zero-order valence-corrected chi connectivity index (χ0v) is 20.6. The molecule has 0 saturated carbocycles. The number of pyridine rings is 1. The number of hydrogen-bond donors (Lipinski definition) is 1. The van der Waals surface area contributed by atoms with E-state index < -0.39 is 41.5 Å². The van der Waals surface area contributed by atoms with Gasteiger partial charge in [-0.15, -0.1) is 0 Å². The quantitative estimate of drug-likeness (QED) is 0.528. The number of primary amides is 1. The van der Waals surface area contributed by atoms with Gasteiger partial charge >= 0.3 is 6.03 Å². The number of ether oxygens (including phenoxy) is 1. The Kier molecular flexibility index (Phi) is 6.51. The van der Waals surface area contributed by atoms with E-state index in [2.05, 4.69) is 15.2 Å². The molecule has 2 aromatic heterocycles. The number of hydrogen-bond acceptors (Lipinski definition) is 6. The molecule has 3 amide bonds. The predicted octanol–water partition coefficient (Wildman–Crippen LogP) is 3.27. The van der Waals surface area contributed by atoms with E-state index in [-0.39, 0.29) is 30.2 Å². The van der Waals surface area contributed by atoms with Crippen LogP contribution < -0.4 is 10.5 Å². The topological polar surface area (TPSA) is 119 Å². The van der Waals surface area contributed by atoms with Crippen molar-refractivity contribution in [3.63, 3.8) is 0 Å². The molecule has 2 N–H and O–H groups in total. The zero-order valence-electron chi connectivity index (χ0n) is 20.6. The van der Waals surface area contributed by atoms with Gasteiger partial charge in [0, 0.05) is 24.8 Å². The van der Waals surface area contributed by atoms with Crippen molar-refractivity contribution in [3.05, 3.63) is 70.4 Å². The number of aryl methyl sites for hydroxylation is 1. The van der Waals surface area contributed by atoms with Gasteiger partial charge in [0.1, 0.15) is 17.7 Å². The Morgan fingerprint density at radius 3 is 2.47 bits per heavy atom. The highest BCUT2D eigenvalue weighted by molar-refractivity contribution is 5.95. The van der Waals surface area contributed by atoms with E-state index in [0.29, 0.717) is 29.8 Å². The molecule has 4 heterocycles. The third-order valence-corrected chi connectivity index (χ3v) is 6.50. The van der Waals surface area contributed by atoms with Gasteiger partial charge in [-0.05, 0) is 31.0 Å². The number of amides is 3. The second-order valence-electron chi connectivity index (χ2n) is 9.03. The molecule has 0 bridgehead atoms. The number of likely N-dealkylation sites (tertiary alicyclic amines) is 1. The molecule has 2 aliphatic heterocycles. The Labute approximate surface area is 215 Å². The third kappa shape index (κ3) is 4.55. The number of benzene rings is 1. The SMILES string of the molecule is CCc1nn(-c2cc(OC3CN(C(=O)N4N=CCC4c4cc(F)cc(F)c4)C3)c(F)cn2)c(C)c1C(N)=O. The van der Waals surface area contributed by atoms with Gasteiger partial charge < -0.3 is 15.4 Å². The molecule has 1 fully saturated rings.